The van der Waals surface area contributed by atoms with E-state index in [9.17, 15) is 0 Å². The Labute approximate surface area is 193 Å². The summed E-state index contributed by atoms with van der Waals surface area (Å²) in [5.41, 5.74) is 4.51. The van der Waals surface area contributed by atoms with Crippen LogP contribution in [0.2, 0.25) is 0 Å². The number of unbranched alkanes of at least 4 members (excludes halogenated alkanes) is 7. The van der Waals surface area contributed by atoms with Gasteiger partial charge in [-0.2, -0.15) is 5.10 Å². The third-order valence-corrected chi connectivity index (χ3v) is 6.56. The van der Waals surface area contributed by atoms with Crippen molar-refractivity contribution in [1.82, 2.24) is 0 Å². The lowest BCUT2D eigenvalue weighted by atomic mass is 9.97. The van der Waals surface area contributed by atoms with Crippen LogP contribution in [0, 0.1) is 0 Å². The fourth-order valence-corrected chi connectivity index (χ4v) is 4.70. The molecule has 0 fully saturated rings. The van der Waals surface area contributed by atoms with Crippen molar-refractivity contribution in [2.75, 3.05) is 5.01 Å². The van der Waals surface area contributed by atoms with Crippen LogP contribution in [0.4, 0.5) is 5.69 Å². The second-order valence-electron chi connectivity index (χ2n) is 9.09. The van der Waals surface area contributed by atoms with Gasteiger partial charge in [0.1, 0.15) is 11.8 Å². The Balaban J connectivity index is 1.30. The van der Waals surface area contributed by atoms with Crippen molar-refractivity contribution in [1.29, 1.82) is 0 Å². The van der Waals surface area contributed by atoms with Gasteiger partial charge in [0.05, 0.1) is 17.4 Å². The molecule has 0 radical (unpaired) electrons. The van der Waals surface area contributed by atoms with Gasteiger partial charge in [-0.1, -0.05) is 106 Å². The Morgan fingerprint density at radius 2 is 1.44 bits per heavy atom. The van der Waals surface area contributed by atoms with Crippen LogP contribution in [0.25, 0.3) is 0 Å². The molecule has 2 heterocycles. The third-order valence-electron chi connectivity index (χ3n) is 6.56. The maximum atomic E-state index is 5.81. The van der Waals surface area contributed by atoms with Crippen LogP contribution >= 0.6 is 0 Å². The molecule has 0 saturated carbocycles. The third kappa shape index (κ3) is 5.99. The molecule has 170 valence electrons. The highest BCUT2D eigenvalue weighted by Crippen LogP contribution is 2.36. The van der Waals surface area contributed by atoms with Gasteiger partial charge >= 0.3 is 0 Å². The molecule has 4 rings (SSSR count). The largest absolute Gasteiger partial charge is 0.392 e. The van der Waals surface area contributed by atoms with E-state index in [-0.39, 0.29) is 12.1 Å². The van der Waals surface area contributed by atoms with Gasteiger partial charge < -0.3 is 4.84 Å². The lowest BCUT2D eigenvalue weighted by Crippen LogP contribution is -2.18. The van der Waals surface area contributed by atoms with Gasteiger partial charge in [-0.3, -0.25) is 5.01 Å². The molecule has 0 N–H and O–H groups in total. The standard InChI is InChI=1S/C28H37N3O/c1-2-3-4-5-6-7-8-15-20-25-21-27(30-32-25)26-22-28(23-16-11-9-12-17-23)31(29-26)24-18-13-10-14-19-24/h9-14,16-19,25,28H,2-8,15,20-22H2,1H3. The van der Waals surface area contributed by atoms with Crippen LogP contribution < -0.4 is 5.01 Å². The lowest BCUT2D eigenvalue weighted by molar-refractivity contribution is 0.0770. The first kappa shape index (κ1) is 22.6. The Morgan fingerprint density at radius 1 is 0.781 bits per heavy atom. The molecule has 0 saturated heterocycles. The first-order valence-corrected chi connectivity index (χ1v) is 12.5. The van der Waals surface area contributed by atoms with Gasteiger partial charge in [0.25, 0.3) is 0 Å². The summed E-state index contributed by atoms with van der Waals surface area (Å²) in [5, 5.41) is 11.6. The van der Waals surface area contributed by atoms with E-state index in [4.69, 9.17) is 9.94 Å². The van der Waals surface area contributed by atoms with E-state index >= 15 is 0 Å². The smallest absolute Gasteiger partial charge is 0.133 e. The fraction of sp³-hybridized carbons (Fsp3) is 0.500. The molecule has 2 aliphatic heterocycles. The second kappa shape index (κ2) is 11.8. The van der Waals surface area contributed by atoms with Crippen molar-refractivity contribution in [2.24, 2.45) is 10.3 Å². The molecule has 0 spiro atoms. The number of hydrogen-bond donors (Lipinski definition) is 0. The summed E-state index contributed by atoms with van der Waals surface area (Å²) < 4.78 is 0. The van der Waals surface area contributed by atoms with Gasteiger partial charge in [0, 0.05) is 12.8 Å². The average Bonchev–Trinajstić information content (AvgIpc) is 3.49. The van der Waals surface area contributed by atoms with Crippen LogP contribution in [0.3, 0.4) is 0 Å². The van der Waals surface area contributed by atoms with Crippen molar-refractivity contribution in [2.45, 2.75) is 89.7 Å². The molecular weight excluding hydrogens is 394 g/mol. The topological polar surface area (TPSA) is 37.2 Å². The highest BCUT2D eigenvalue weighted by Gasteiger charge is 2.34. The zero-order valence-electron chi connectivity index (χ0n) is 19.5. The number of oxime groups is 1. The minimum Gasteiger partial charge on any atom is -0.392 e. The van der Waals surface area contributed by atoms with E-state index in [1.54, 1.807) is 0 Å². The lowest BCUT2D eigenvalue weighted by Gasteiger charge is -2.23. The SMILES string of the molecule is CCCCCCCCCCC1CC(C2=NN(c3ccccc3)C(c3ccccc3)C2)=NO1. The number of hydrazone groups is 1. The van der Waals surface area contributed by atoms with E-state index < -0.39 is 0 Å². The van der Waals surface area contributed by atoms with Gasteiger partial charge in [-0.15, -0.1) is 0 Å². The number of nitrogens with zero attached hydrogens (tertiary/aromatic N) is 3. The summed E-state index contributed by atoms with van der Waals surface area (Å²) in [5.74, 6) is 0. The fourth-order valence-electron chi connectivity index (χ4n) is 4.70. The number of hydrogen-bond acceptors (Lipinski definition) is 4. The zero-order chi connectivity index (χ0) is 22.0. The minimum absolute atomic E-state index is 0.197. The molecule has 0 bridgehead atoms. The number of rotatable bonds is 12. The minimum atomic E-state index is 0.197. The van der Waals surface area contributed by atoms with E-state index in [2.05, 4.69) is 71.7 Å². The Hall–Kier alpha value is -2.62. The van der Waals surface area contributed by atoms with Gasteiger partial charge in [0.2, 0.25) is 0 Å². The van der Waals surface area contributed by atoms with Crippen molar-refractivity contribution < 1.29 is 4.84 Å². The Morgan fingerprint density at radius 3 is 2.16 bits per heavy atom. The maximum Gasteiger partial charge on any atom is 0.133 e. The number of benzene rings is 2. The summed E-state index contributed by atoms with van der Waals surface area (Å²) in [6.45, 7) is 2.27. The highest BCUT2D eigenvalue weighted by atomic mass is 16.6. The van der Waals surface area contributed by atoms with Gasteiger partial charge in [-0.25, -0.2) is 0 Å². The number of para-hydroxylation sites is 1. The van der Waals surface area contributed by atoms with Crippen molar-refractivity contribution in [3.8, 4) is 0 Å². The van der Waals surface area contributed by atoms with Crippen molar-refractivity contribution in [3.05, 3.63) is 66.2 Å². The molecule has 2 atom stereocenters. The van der Waals surface area contributed by atoms with Gasteiger partial charge in [0.15, 0.2) is 0 Å². The summed E-state index contributed by atoms with van der Waals surface area (Å²) >= 11 is 0. The average molecular weight is 432 g/mol. The van der Waals surface area contributed by atoms with E-state index in [0.29, 0.717) is 0 Å². The normalized spacial score (nSPS) is 20.2. The first-order valence-electron chi connectivity index (χ1n) is 12.5. The molecular formula is C28H37N3O. The molecule has 2 aromatic carbocycles. The molecule has 0 amide bonds. The summed E-state index contributed by atoms with van der Waals surface area (Å²) in [6, 6.07) is 21.3. The van der Waals surface area contributed by atoms with E-state index in [1.165, 1.54) is 56.9 Å². The van der Waals surface area contributed by atoms with Crippen LogP contribution in [0.5, 0.6) is 0 Å². The maximum absolute atomic E-state index is 5.81. The molecule has 4 heteroatoms. The summed E-state index contributed by atoms with van der Waals surface area (Å²) in [4.78, 5) is 5.81. The predicted molar refractivity (Wildman–Crippen MR) is 134 cm³/mol. The quantitative estimate of drug-likeness (QED) is 0.323. The predicted octanol–water partition coefficient (Wildman–Crippen LogP) is 7.67. The van der Waals surface area contributed by atoms with E-state index in [0.717, 1.165) is 36.4 Å². The first-order chi connectivity index (χ1) is 15.8. The molecule has 4 nitrogen and oxygen atoms in total. The monoisotopic (exact) mass is 431 g/mol. The van der Waals surface area contributed by atoms with Crippen LogP contribution in [0.1, 0.15) is 89.2 Å². The van der Waals surface area contributed by atoms with Crippen molar-refractivity contribution in [3.63, 3.8) is 0 Å². The van der Waals surface area contributed by atoms with Crippen LogP contribution in [-0.4, -0.2) is 17.5 Å². The zero-order valence-corrected chi connectivity index (χ0v) is 19.5. The molecule has 0 aliphatic carbocycles. The molecule has 2 unspecified atom stereocenters. The van der Waals surface area contributed by atoms with E-state index in [1.807, 2.05) is 6.07 Å². The summed E-state index contributed by atoms with van der Waals surface area (Å²) in [7, 11) is 0. The van der Waals surface area contributed by atoms with Crippen molar-refractivity contribution >= 4 is 17.1 Å². The van der Waals surface area contributed by atoms with Gasteiger partial charge in [-0.05, 0) is 30.5 Å². The highest BCUT2D eigenvalue weighted by molar-refractivity contribution is 6.43. The molecule has 0 aromatic heterocycles. The molecule has 2 aromatic rings. The van der Waals surface area contributed by atoms with Crippen LogP contribution in [0.15, 0.2) is 70.9 Å². The Bertz CT molecular complexity index is 878. The Kier molecular flexibility index (Phi) is 8.35. The number of anilines is 1. The second-order valence-corrected chi connectivity index (χ2v) is 9.09. The molecule has 32 heavy (non-hydrogen) atoms. The van der Waals surface area contributed by atoms with Crippen LogP contribution in [-0.2, 0) is 4.84 Å². The summed E-state index contributed by atoms with van der Waals surface area (Å²) in [6.07, 6.45) is 13.8. The molecule has 2 aliphatic rings.